The van der Waals surface area contributed by atoms with Gasteiger partial charge in [-0.05, 0) is 26.0 Å². The Hall–Kier alpha value is -3.01. The largest absolute Gasteiger partial charge is 0.492 e. The topological polar surface area (TPSA) is 92.0 Å². The molecule has 2 aromatic rings. The summed E-state index contributed by atoms with van der Waals surface area (Å²) in [5.41, 5.74) is 0.328. The third-order valence-electron chi connectivity index (χ3n) is 3.01. The number of nitriles is 1. The molecule has 0 aliphatic rings. The number of aromatic nitrogens is 2. The first kappa shape index (κ1) is 16.4. The summed E-state index contributed by atoms with van der Waals surface area (Å²) >= 11 is 0. The van der Waals surface area contributed by atoms with Gasteiger partial charge >= 0.3 is 6.03 Å². The molecule has 0 atom stereocenters. The van der Waals surface area contributed by atoms with Gasteiger partial charge in [0.25, 0.3) is 0 Å². The summed E-state index contributed by atoms with van der Waals surface area (Å²) in [7, 11) is 0. The molecular weight excluding hydrogens is 294 g/mol. The summed E-state index contributed by atoms with van der Waals surface area (Å²) in [5, 5.41) is 18.5. The zero-order valence-corrected chi connectivity index (χ0v) is 13.1. The number of anilines is 1. The molecule has 7 nitrogen and oxygen atoms in total. The number of nitrogens with one attached hydrogen (secondary N) is 2. The fourth-order valence-electron chi connectivity index (χ4n) is 1.83. The van der Waals surface area contributed by atoms with E-state index in [0.717, 1.165) is 5.75 Å². The minimum absolute atomic E-state index is 0.111. The van der Waals surface area contributed by atoms with Crippen LogP contribution < -0.4 is 15.4 Å². The van der Waals surface area contributed by atoms with Gasteiger partial charge in [-0.25, -0.2) is 4.79 Å². The molecule has 1 aromatic carbocycles. The number of carbonyl (C=O) groups is 1. The Kier molecular flexibility index (Phi) is 5.58. The second-order valence-corrected chi connectivity index (χ2v) is 5.12. The van der Waals surface area contributed by atoms with Crippen LogP contribution in [0.1, 0.15) is 25.5 Å². The number of benzene rings is 1. The van der Waals surface area contributed by atoms with Crippen LogP contribution in [0.4, 0.5) is 10.6 Å². The molecule has 2 N–H and O–H groups in total. The molecule has 0 unspecified atom stereocenters. The van der Waals surface area contributed by atoms with Crippen LogP contribution in [0, 0.1) is 11.3 Å². The maximum atomic E-state index is 11.8. The standard InChI is InChI=1S/C16H19N5O2/c1-12(2)21-11-13(10-17)15(20-21)19-16(22)18-8-9-23-14-6-4-3-5-7-14/h3-7,11-12H,8-9H2,1-2H3,(H2,18,19,20,22). The van der Waals surface area contributed by atoms with Crippen molar-refractivity contribution in [2.75, 3.05) is 18.5 Å². The van der Waals surface area contributed by atoms with Gasteiger partial charge in [-0.3, -0.25) is 10.00 Å². The van der Waals surface area contributed by atoms with Gasteiger partial charge in [0, 0.05) is 12.2 Å². The number of amides is 2. The molecule has 0 bridgehead atoms. The minimum atomic E-state index is -0.424. The highest BCUT2D eigenvalue weighted by molar-refractivity contribution is 5.89. The highest BCUT2D eigenvalue weighted by Gasteiger charge is 2.12. The highest BCUT2D eigenvalue weighted by Crippen LogP contribution is 2.15. The zero-order chi connectivity index (χ0) is 16.7. The van der Waals surface area contributed by atoms with E-state index in [2.05, 4.69) is 15.7 Å². The molecule has 2 amide bonds. The fraction of sp³-hybridized carbons (Fsp3) is 0.312. The first-order valence-electron chi connectivity index (χ1n) is 7.32. The second kappa shape index (κ2) is 7.84. The third-order valence-corrected chi connectivity index (χ3v) is 3.01. The van der Waals surface area contributed by atoms with Gasteiger partial charge in [0.1, 0.15) is 24.0 Å². The van der Waals surface area contributed by atoms with Crippen LogP contribution in [0.25, 0.3) is 0 Å². The first-order valence-corrected chi connectivity index (χ1v) is 7.32. The summed E-state index contributed by atoms with van der Waals surface area (Å²) < 4.78 is 7.10. The van der Waals surface area contributed by atoms with E-state index in [1.165, 1.54) is 0 Å². The quantitative estimate of drug-likeness (QED) is 0.802. The average molecular weight is 313 g/mol. The number of carbonyl (C=O) groups excluding carboxylic acids is 1. The lowest BCUT2D eigenvalue weighted by Crippen LogP contribution is -2.32. The smallest absolute Gasteiger partial charge is 0.320 e. The first-order chi connectivity index (χ1) is 11.1. The van der Waals surface area contributed by atoms with E-state index in [4.69, 9.17) is 10.00 Å². The van der Waals surface area contributed by atoms with Gasteiger partial charge in [-0.1, -0.05) is 18.2 Å². The van der Waals surface area contributed by atoms with Crippen molar-refractivity contribution in [2.45, 2.75) is 19.9 Å². The van der Waals surface area contributed by atoms with E-state index in [1.807, 2.05) is 50.2 Å². The molecule has 0 saturated carbocycles. The summed E-state index contributed by atoms with van der Waals surface area (Å²) in [6.45, 7) is 4.58. The van der Waals surface area contributed by atoms with Crippen molar-refractivity contribution in [3.05, 3.63) is 42.1 Å². The predicted molar refractivity (Wildman–Crippen MR) is 86.3 cm³/mol. The monoisotopic (exact) mass is 313 g/mol. The van der Waals surface area contributed by atoms with Crippen LogP contribution in [-0.2, 0) is 0 Å². The van der Waals surface area contributed by atoms with Crippen LogP contribution in [-0.4, -0.2) is 29.0 Å². The Morgan fingerprint density at radius 3 is 2.78 bits per heavy atom. The Labute approximate surface area is 134 Å². The molecule has 0 spiro atoms. The maximum absolute atomic E-state index is 11.8. The Morgan fingerprint density at radius 2 is 2.13 bits per heavy atom. The van der Waals surface area contributed by atoms with E-state index in [9.17, 15) is 4.79 Å². The van der Waals surface area contributed by atoms with E-state index < -0.39 is 6.03 Å². The molecule has 23 heavy (non-hydrogen) atoms. The Morgan fingerprint density at radius 1 is 1.39 bits per heavy atom. The van der Waals surface area contributed by atoms with E-state index >= 15 is 0 Å². The molecular formula is C16H19N5O2. The number of hydrogen-bond donors (Lipinski definition) is 2. The van der Waals surface area contributed by atoms with E-state index in [-0.39, 0.29) is 11.9 Å². The lowest BCUT2D eigenvalue weighted by molar-refractivity contribution is 0.247. The van der Waals surface area contributed by atoms with Crippen molar-refractivity contribution < 1.29 is 9.53 Å². The number of rotatable bonds is 6. The molecule has 0 radical (unpaired) electrons. The zero-order valence-electron chi connectivity index (χ0n) is 13.1. The van der Waals surface area contributed by atoms with Gasteiger partial charge in [-0.15, -0.1) is 0 Å². The van der Waals surface area contributed by atoms with E-state index in [0.29, 0.717) is 18.7 Å². The van der Waals surface area contributed by atoms with Crippen LogP contribution >= 0.6 is 0 Å². The number of para-hydroxylation sites is 1. The van der Waals surface area contributed by atoms with Crippen molar-refractivity contribution in [1.29, 1.82) is 5.26 Å². The molecule has 2 rings (SSSR count). The lowest BCUT2D eigenvalue weighted by atomic mass is 10.3. The lowest BCUT2D eigenvalue weighted by Gasteiger charge is -2.08. The number of ether oxygens (including phenoxy) is 1. The number of urea groups is 1. The predicted octanol–water partition coefficient (Wildman–Crippen LogP) is 2.54. The van der Waals surface area contributed by atoms with Crippen LogP contribution in [0.2, 0.25) is 0 Å². The molecule has 0 saturated heterocycles. The molecule has 0 fully saturated rings. The van der Waals surface area contributed by atoms with Crippen LogP contribution in [0.3, 0.4) is 0 Å². The van der Waals surface area contributed by atoms with Crippen molar-refractivity contribution in [3.63, 3.8) is 0 Å². The summed E-state index contributed by atoms with van der Waals surface area (Å²) in [4.78, 5) is 11.8. The van der Waals surface area contributed by atoms with Gasteiger partial charge in [0.15, 0.2) is 5.82 Å². The maximum Gasteiger partial charge on any atom is 0.320 e. The van der Waals surface area contributed by atoms with Crippen LogP contribution in [0.15, 0.2) is 36.5 Å². The average Bonchev–Trinajstić information content (AvgIpc) is 2.96. The van der Waals surface area contributed by atoms with Crippen molar-refractivity contribution in [1.82, 2.24) is 15.1 Å². The normalized spacial score (nSPS) is 10.2. The third kappa shape index (κ3) is 4.74. The van der Waals surface area contributed by atoms with Gasteiger partial charge in [-0.2, -0.15) is 10.4 Å². The minimum Gasteiger partial charge on any atom is -0.492 e. The van der Waals surface area contributed by atoms with Crippen molar-refractivity contribution in [3.8, 4) is 11.8 Å². The van der Waals surface area contributed by atoms with Crippen LogP contribution in [0.5, 0.6) is 5.75 Å². The molecule has 120 valence electrons. The number of hydrogen-bond acceptors (Lipinski definition) is 4. The highest BCUT2D eigenvalue weighted by atomic mass is 16.5. The molecule has 1 heterocycles. The van der Waals surface area contributed by atoms with Gasteiger partial charge in [0.05, 0.1) is 6.54 Å². The Bertz CT molecular complexity index is 688. The SMILES string of the molecule is CC(C)n1cc(C#N)c(NC(=O)NCCOc2ccccc2)n1. The summed E-state index contributed by atoms with van der Waals surface area (Å²) in [6, 6.07) is 11.1. The van der Waals surface area contributed by atoms with Gasteiger partial charge in [0.2, 0.25) is 0 Å². The van der Waals surface area contributed by atoms with E-state index in [1.54, 1.807) is 10.9 Å². The Balaban J connectivity index is 1.80. The second-order valence-electron chi connectivity index (χ2n) is 5.12. The molecule has 1 aromatic heterocycles. The molecule has 0 aliphatic heterocycles. The molecule has 7 heteroatoms. The summed E-state index contributed by atoms with van der Waals surface area (Å²) in [6.07, 6.45) is 1.61. The van der Waals surface area contributed by atoms with Gasteiger partial charge < -0.3 is 10.1 Å². The number of nitrogens with zero attached hydrogens (tertiary/aromatic N) is 3. The van der Waals surface area contributed by atoms with Crippen molar-refractivity contribution in [2.24, 2.45) is 0 Å². The molecule has 0 aliphatic carbocycles. The van der Waals surface area contributed by atoms with Crippen molar-refractivity contribution >= 4 is 11.8 Å². The fourth-order valence-corrected chi connectivity index (χ4v) is 1.83. The summed E-state index contributed by atoms with van der Waals surface area (Å²) in [5.74, 6) is 1.000.